The Balaban J connectivity index is 2.03. The monoisotopic (exact) mass is 510 g/mol. The third-order valence-corrected chi connectivity index (χ3v) is 5.89. The lowest BCUT2D eigenvalue weighted by atomic mass is 9.73. The van der Waals surface area contributed by atoms with Crippen LogP contribution >= 0.6 is 0 Å². The van der Waals surface area contributed by atoms with Crippen LogP contribution in [0.5, 0.6) is 11.5 Å². The molecule has 3 rings (SSSR count). The maximum atomic E-state index is 14.4. The van der Waals surface area contributed by atoms with Gasteiger partial charge >= 0.3 is 18.3 Å². The van der Waals surface area contributed by atoms with E-state index in [0.717, 1.165) is 36.4 Å². The Morgan fingerprint density at radius 1 is 0.694 bits per heavy atom. The highest BCUT2D eigenvalue weighted by Crippen LogP contribution is 2.56. The van der Waals surface area contributed by atoms with Crippen LogP contribution in [0.15, 0.2) is 78.9 Å². The van der Waals surface area contributed by atoms with Gasteiger partial charge in [-0.25, -0.2) is 4.79 Å². The molecule has 192 valence electrons. The van der Waals surface area contributed by atoms with Crippen molar-refractivity contribution >= 4 is 5.97 Å². The van der Waals surface area contributed by atoms with E-state index >= 15 is 0 Å². The van der Waals surface area contributed by atoms with Gasteiger partial charge < -0.3 is 9.47 Å². The molecule has 0 aromatic heterocycles. The summed E-state index contributed by atoms with van der Waals surface area (Å²) in [5.41, 5.74) is -6.88. The minimum atomic E-state index is -5.74. The first-order chi connectivity index (χ1) is 16.7. The number of carbonyl (C=O) groups excluding carboxylic acids is 1. The highest BCUT2D eigenvalue weighted by atomic mass is 19.4. The zero-order chi connectivity index (χ0) is 26.8. The molecule has 0 fully saturated rings. The summed E-state index contributed by atoms with van der Waals surface area (Å²) in [4.78, 5) is 12.2. The third-order valence-electron chi connectivity index (χ3n) is 5.89. The van der Waals surface area contributed by atoms with Crippen LogP contribution in [0.4, 0.5) is 26.3 Å². The summed E-state index contributed by atoms with van der Waals surface area (Å²) >= 11 is 0. The highest BCUT2D eigenvalue weighted by Gasteiger charge is 2.72. The van der Waals surface area contributed by atoms with E-state index in [9.17, 15) is 31.1 Å². The molecule has 0 unspecified atom stereocenters. The van der Waals surface area contributed by atoms with Crippen LogP contribution in [0.25, 0.3) is 0 Å². The molecular weight excluding hydrogens is 486 g/mol. The van der Waals surface area contributed by atoms with Crippen LogP contribution in [-0.4, -0.2) is 23.9 Å². The van der Waals surface area contributed by atoms with E-state index in [1.807, 2.05) is 6.92 Å². The summed E-state index contributed by atoms with van der Waals surface area (Å²) in [5, 5.41) is 0. The van der Waals surface area contributed by atoms with Crippen molar-refractivity contribution in [2.24, 2.45) is 0 Å². The molecule has 0 amide bonds. The van der Waals surface area contributed by atoms with Crippen LogP contribution < -0.4 is 9.47 Å². The molecule has 0 bridgehead atoms. The molecule has 9 heteroatoms. The zero-order valence-corrected chi connectivity index (χ0v) is 19.7. The molecule has 0 atom stereocenters. The van der Waals surface area contributed by atoms with Gasteiger partial charge in [-0.1, -0.05) is 49.4 Å². The highest BCUT2D eigenvalue weighted by molar-refractivity contribution is 5.90. The molecule has 3 aromatic rings. The van der Waals surface area contributed by atoms with Gasteiger partial charge in [-0.05, 0) is 67.8 Å². The normalized spacial score (nSPS) is 12.8. The summed E-state index contributed by atoms with van der Waals surface area (Å²) in [6, 6.07) is 14.6. The summed E-state index contributed by atoms with van der Waals surface area (Å²) < 4.78 is 97.0. The first kappa shape index (κ1) is 27.1. The lowest BCUT2D eigenvalue weighted by Crippen LogP contribution is -2.54. The molecule has 0 aliphatic carbocycles. The van der Waals surface area contributed by atoms with Gasteiger partial charge in [0.2, 0.25) is 5.41 Å². The van der Waals surface area contributed by atoms with Crippen molar-refractivity contribution in [1.29, 1.82) is 0 Å². The number of esters is 1. The smallest absolute Gasteiger partial charge is 0.411 e. The van der Waals surface area contributed by atoms with E-state index in [1.54, 1.807) is 32.0 Å². The van der Waals surface area contributed by atoms with Crippen molar-refractivity contribution < 1.29 is 40.6 Å². The minimum Gasteiger partial charge on any atom is -0.488 e. The van der Waals surface area contributed by atoms with Crippen molar-refractivity contribution in [3.63, 3.8) is 0 Å². The third kappa shape index (κ3) is 5.34. The molecule has 0 saturated carbocycles. The van der Waals surface area contributed by atoms with E-state index in [2.05, 4.69) is 0 Å². The van der Waals surface area contributed by atoms with Crippen LogP contribution in [0.1, 0.15) is 48.7 Å². The van der Waals surface area contributed by atoms with Crippen molar-refractivity contribution in [3.05, 3.63) is 95.6 Å². The molecule has 0 N–H and O–H groups in total. The standard InChI is InChI=1S/C27H24F6O3/c1-4-24(2,3)36-22-16-12-20(13-17-22)25(26(28,29)30,27(31,32)33)19-10-14-21(15-11-19)35-23(34)18-8-6-5-7-9-18/h5-17H,4H2,1-3H3. The Hall–Kier alpha value is -3.49. The lowest BCUT2D eigenvalue weighted by Gasteiger charge is -2.38. The molecule has 0 saturated heterocycles. The molecule has 0 radical (unpaired) electrons. The number of carbonyl (C=O) groups is 1. The number of alkyl halides is 6. The van der Waals surface area contributed by atoms with Gasteiger partial charge in [-0.2, -0.15) is 26.3 Å². The average Bonchev–Trinajstić information content (AvgIpc) is 2.80. The maximum absolute atomic E-state index is 14.4. The summed E-state index contributed by atoms with van der Waals surface area (Å²) in [6.45, 7) is 5.35. The predicted molar refractivity (Wildman–Crippen MR) is 122 cm³/mol. The van der Waals surface area contributed by atoms with Crippen molar-refractivity contribution in [1.82, 2.24) is 0 Å². The maximum Gasteiger partial charge on any atom is 0.411 e. The van der Waals surface area contributed by atoms with Crippen molar-refractivity contribution in [2.75, 3.05) is 0 Å². The van der Waals surface area contributed by atoms with Crippen molar-refractivity contribution in [3.8, 4) is 11.5 Å². The molecule has 0 aliphatic rings. The summed E-state index contributed by atoms with van der Waals surface area (Å²) in [7, 11) is 0. The number of hydrogen-bond acceptors (Lipinski definition) is 3. The first-order valence-electron chi connectivity index (χ1n) is 11.0. The predicted octanol–water partition coefficient (Wildman–Crippen LogP) is 7.88. The Bertz CT molecular complexity index is 1150. The summed E-state index contributed by atoms with van der Waals surface area (Å²) in [5.74, 6) is -0.852. The van der Waals surface area contributed by atoms with E-state index < -0.39 is 40.5 Å². The molecule has 0 spiro atoms. The Kier molecular flexibility index (Phi) is 7.43. The fourth-order valence-corrected chi connectivity index (χ4v) is 3.66. The number of hydrogen-bond donors (Lipinski definition) is 0. The van der Waals surface area contributed by atoms with E-state index in [4.69, 9.17) is 9.47 Å². The number of ether oxygens (including phenoxy) is 2. The second kappa shape index (κ2) is 9.87. The van der Waals surface area contributed by atoms with Gasteiger partial charge in [0, 0.05) is 0 Å². The molecule has 36 heavy (non-hydrogen) atoms. The zero-order valence-electron chi connectivity index (χ0n) is 19.7. The second-order valence-corrected chi connectivity index (χ2v) is 8.77. The topological polar surface area (TPSA) is 35.5 Å². The number of halogens is 6. The second-order valence-electron chi connectivity index (χ2n) is 8.77. The van der Waals surface area contributed by atoms with Gasteiger partial charge in [-0.15, -0.1) is 0 Å². The van der Waals surface area contributed by atoms with E-state index in [1.165, 1.54) is 12.1 Å². The lowest BCUT2D eigenvalue weighted by molar-refractivity contribution is -0.288. The molecular formula is C27H24F6O3. The quantitative estimate of drug-likeness (QED) is 0.184. The van der Waals surface area contributed by atoms with Gasteiger partial charge in [0.1, 0.15) is 17.1 Å². The van der Waals surface area contributed by atoms with E-state index in [0.29, 0.717) is 18.6 Å². The Labute approximate surface area is 204 Å². The largest absolute Gasteiger partial charge is 0.488 e. The molecule has 3 nitrogen and oxygen atoms in total. The van der Waals surface area contributed by atoms with Crippen LogP contribution in [0, 0.1) is 0 Å². The van der Waals surface area contributed by atoms with Crippen LogP contribution in [0.3, 0.4) is 0 Å². The Morgan fingerprint density at radius 2 is 1.14 bits per heavy atom. The first-order valence-corrected chi connectivity index (χ1v) is 11.0. The summed E-state index contributed by atoms with van der Waals surface area (Å²) in [6.07, 6.45) is -10.9. The fourth-order valence-electron chi connectivity index (χ4n) is 3.66. The minimum absolute atomic E-state index is 0.145. The fraction of sp³-hybridized carbons (Fsp3) is 0.296. The van der Waals surface area contributed by atoms with E-state index in [-0.39, 0.29) is 17.1 Å². The molecule has 3 aromatic carbocycles. The van der Waals surface area contributed by atoms with Gasteiger partial charge in [-0.3, -0.25) is 0 Å². The molecule has 0 heterocycles. The van der Waals surface area contributed by atoms with Gasteiger partial charge in [0.05, 0.1) is 5.56 Å². The van der Waals surface area contributed by atoms with Gasteiger partial charge in [0.25, 0.3) is 0 Å². The van der Waals surface area contributed by atoms with Crippen molar-refractivity contribution in [2.45, 2.75) is 50.6 Å². The van der Waals surface area contributed by atoms with Crippen LogP contribution in [0.2, 0.25) is 0 Å². The van der Waals surface area contributed by atoms with Gasteiger partial charge in [0.15, 0.2) is 0 Å². The molecule has 0 aliphatic heterocycles. The average molecular weight is 510 g/mol. The Morgan fingerprint density at radius 3 is 1.56 bits per heavy atom. The number of benzene rings is 3. The number of rotatable bonds is 7. The van der Waals surface area contributed by atoms with Crippen LogP contribution in [-0.2, 0) is 5.41 Å². The SMILES string of the molecule is CCC(C)(C)Oc1ccc(C(c2ccc(OC(=O)c3ccccc3)cc2)(C(F)(F)F)C(F)(F)F)cc1.